The van der Waals surface area contributed by atoms with Crippen LogP contribution >= 0.6 is 0 Å². The number of hydrogen-bond donors (Lipinski definition) is 0. The Morgan fingerprint density at radius 2 is 1.97 bits per heavy atom. The topological polar surface area (TPSA) is 67.4 Å². The van der Waals surface area contributed by atoms with E-state index in [2.05, 4.69) is 50.5 Å². The van der Waals surface area contributed by atoms with Gasteiger partial charge in [0.25, 0.3) is 5.56 Å². The van der Waals surface area contributed by atoms with Gasteiger partial charge in [0.15, 0.2) is 5.82 Å². The molecule has 2 fully saturated rings. The van der Waals surface area contributed by atoms with E-state index in [0.717, 1.165) is 57.1 Å². The molecule has 29 heavy (non-hydrogen) atoms. The first-order valence-electron chi connectivity index (χ1n) is 11.1. The van der Waals surface area contributed by atoms with Crippen LogP contribution in [-0.4, -0.2) is 45.8 Å². The highest BCUT2D eigenvalue weighted by Crippen LogP contribution is 2.37. The summed E-state index contributed by atoms with van der Waals surface area (Å²) in [5.74, 6) is 1.80. The van der Waals surface area contributed by atoms with Gasteiger partial charge in [-0.25, -0.2) is 0 Å². The van der Waals surface area contributed by atoms with E-state index in [1.165, 1.54) is 25.0 Å². The van der Waals surface area contributed by atoms with E-state index in [0.29, 0.717) is 17.9 Å². The number of nitrogens with zero attached hydrogens (tertiary/aromatic N) is 5. The minimum absolute atomic E-state index is 0.219. The highest BCUT2D eigenvalue weighted by atomic mass is 16.5. The van der Waals surface area contributed by atoms with Gasteiger partial charge in [0.2, 0.25) is 0 Å². The number of pyridine rings is 1. The fourth-order valence-corrected chi connectivity index (χ4v) is 5.22. The predicted octanol–water partition coefficient (Wildman–Crippen LogP) is 2.96. The summed E-state index contributed by atoms with van der Waals surface area (Å²) in [5, 5.41) is 4.12. The summed E-state index contributed by atoms with van der Waals surface area (Å²) in [4.78, 5) is 22.5. The van der Waals surface area contributed by atoms with E-state index < -0.39 is 0 Å². The second-order valence-corrected chi connectivity index (χ2v) is 9.33. The molecule has 0 unspecified atom stereocenters. The zero-order valence-corrected chi connectivity index (χ0v) is 17.5. The van der Waals surface area contributed by atoms with E-state index in [4.69, 9.17) is 4.52 Å². The SMILES string of the molecule is CC(C)c1noc(N2C[C@@H]3C[C@H](C2)c2ccc(CN4CCCCC4)c(=O)n2C3)n1. The van der Waals surface area contributed by atoms with E-state index in [1.54, 1.807) is 0 Å². The highest BCUT2D eigenvalue weighted by molar-refractivity contribution is 5.32. The maximum absolute atomic E-state index is 13.2. The Kier molecular flexibility index (Phi) is 4.94. The fraction of sp³-hybridized carbons (Fsp3) is 0.682. The lowest BCUT2D eigenvalue weighted by Gasteiger charge is -2.42. The molecule has 3 aliphatic heterocycles. The fourth-order valence-electron chi connectivity index (χ4n) is 5.22. The van der Waals surface area contributed by atoms with Gasteiger partial charge in [-0.15, -0.1) is 0 Å². The molecule has 7 heteroatoms. The lowest BCUT2D eigenvalue weighted by molar-refractivity contribution is 0.218. The van der Waals surface area contributed by atoms with Gasteiger partial charge < -0.3 is 14.0 Å². The van der Waals surface area contributed by atoms with Gasteiger partial charge in [-0.05, 0) is 44.3 Å². The van der Waals surface area contributed by atoms with Crippen molar-refractivity contribution in [3.05, 3.63) is 39.6 Å². The molecule has 5 heterocycles. The van der Waals surface area contributed by atoms with Crippen LogP contribution in [0.25, 0.3) is 0 Å². The third kappa shape index (κ3) is 3.61. The summed E-state index contributed by atoms with van der Waals surface area (Å²) in [6, 6.07) is 4.89. The van der Waals surface area contributed by atoms with E-state index in [9.17, 15) is 4.79 Å². The number of aromatic nitrogens is 3. The third-order valence-electron chi connectivity index (χ3n) is 6.74. The van der Waals surface area contributed by atoms with E-state index >= 15 is 0 Å². The largest absolute Gasteiger partial charge is 0.324 e. The molecule has 0 aromatic carbocycles. The summed E-state index contributed by atoms with van der Waals surface area (Å²) < 4.78 is 7.60. The van der Waals surface area contributed by atoms with Crippen LogP contribution in [0.2, 0.25) is 0 Å². The van der Waals surface area contributed by atoms with Gasteiger partial charge in [-0.1, -0.05) is 31.5 Å². The molecule has 2 saturated heterocycles. The van der Waals surface area contributed by atoms with E-state index in [1.807, 2.05) is 0 Å². The number of fused-ring (bicyclic) bond motifs is 4. The Morgan fingerprint density at radius 3 is 2.72 bits per heavy atom. The zero-order chi connectivity index (χ0) is 20.0. The smallest absolute Gasteiger partial charge is 0.323 e. The molecule has 2 aromatic heterocycles. The number of rotatable bonds is 4. The summed E-state index contributed by atoms with van der Waals surface area (Å²) in [5.41, 5.74) is 2.34. The molecule has 0 aliphatic carbocycles. The van der Waals surface area contributed by atoms with Gasteiger partial charge in [0.1, 0.15) is 0 Å². The third-order valence-corrected chi connectivity index (χ3v) is 6.74. The molecule has 2 bridgehead atoms. The van der Waals surface area contributed by atoms with Crippen molar-refractivity contribution in [1.29, 1.82) is 0 Å². The molecule has 3 aliphatic rings. The number of hydrogen-bond acceptors (Lipinski definition) is 6. The zero-order valence-electron chi connectivity index (χ0n) is 17.5. The maximum atomic E-state index is 13.2. The molecule has 0 N–H and O–H groups in total. The normalized spacial score (nSPS) is 24.7. The van der Waals surface area contributed by atoms with Gasteiger partial charge in [0, 0.05) is 49.3 Å². The average molecular weight is 398 g/mol. The van der Waals surface area contributed by atoms with Crippen molar-refractivity contribution in [2.75, 3.05) is 31.1 Å². The van der Waals surface area contributed by atoms with Crippen molar-refractivity contribution in [2.45, 2.75) is 64.5 Å². The van der Waals surface area contributed by atoms with Gasteiger partial charge in [0.05, 0.1) is 0 Å². The quantitative estimate of drug-likeness (QED) is 0.790. The molecule has 5 rings (SSSR count). The number of anilines is 1. The average Bonchev–Trinajstić information content (AvgIpc) is 3.22. The van der Waals surface area contributed by atoms with Crippen LogP contribution in [-0.2, 0) is 13.1 Å². The highest BCUT2D eigenvalue weighted by Gasteiger charge is 2.36. The molecule has 0 spiro atoms. The van der Waals surface area contributed by atoms with Crippen molar-refractivity contribution in [2.24, 2.45) is 5.92 Å². The molecule has 2 aromatic rings. The molecular formula is C22H31N5O2. The van der Waals surface area contributed by atoms with Gasteiger partial charge in [-0.2, -0.15) is 4.98 Å². The number of likely N-dealkylation sites (tertiary alicyclic amines) is 1. The first kappa shape index (κ1) is 18.9. The summed E-state index contributed by atoms with van der Waals surface area (Å²) in [7, 11) is 0. The monoisotopic (exact) mass is 397 g/mol. The minimum atomic E-state index is 0.219. The first-order chi connectivity index (χ1) is 14.1. The van der Waals surface area contributed by atoms with Crippen LogP contribution in [0.5, 0.6) is 0 Å². The van der Waals surface area contributed by atoms with E-state index in [-0.39, 0.29) is 11.5 Å². The minimum Gasteiger partial charge on any atom is -0.323 e. The van der Waals surface area contributed by atoms with Crippen LogP contribution < -0.4 is 10.5 Å². The molecule has 7 nitrogen and oxygen atoms in total. The van der Waals surface area contributed by atoms with Gasteiger partial charge in [-0.3, -0.25) is 9.69 Å². The molecule has 0 radical (unpaired) electrons. The predicted molar refractivity (Wildman–Crippen MR) is 111 cm³/mol. The summed E-state index contributed by atoms with van der Waals surface area (Å²) in [6.07, 6.45) is 4.95. The van der Waals surface area contributed by atoms with Crippen molar-refractivity contribution in [3.8, 4) is 0 Å². The van der Waals surface area contributed by atoms with Crippen LogP contribution in [0.3, 0.4) is 0 Å². The van der Waals surface area contributed by atoms with Gasteiger partial charge >= 0.3 is 6.01 Å². The lowest BCUT2D eigenvalue weighted by Crippen LogP contribution is -2.48. The van der Waals surface area contributed by atoms with Crippen LogP contribution in [0.1, 0.15) is 68.4 Å². The Morgan fingerprint density at radius 1 is 1.14 bits per heavy atom. The summed E-state index contributed by atoms with van der Waals surface area (Å²) >= 11 is 0. The second kappa shape index (κ2) is 7.59. The maximum Gasteiger partial charge on any atom is 0.324 e. The Hall–Kier alpha value is -2.15. The Labute approximate surface area is 171 Å². The lowest BCUT2D eigenvalue weighted by atomic mass is 9.83. The van der Waals surface area contributed by atoms with Crippen LogP contribution in [0.4, 0.5) is 6.01 Å². The van der Waals surface area contributed by atoms with Crippen molar-refractivity contribution < 1.29 is 4.52 Å². The molecule has 156 valence electrons. The number of piperidine rings is 2. The standard InChI is InChI=1S/C22H31N5O2/c1-15(2)20-23-22(29-24-20)26-11-16-10-18(14-26)19-7-6-17(21(28)27(19)12-16)13-25-8-4-3-5-9-25/h6-7,15-16,18H,3-5,8-14H2,1-2H3/t16-,18+/m0/s1. The van der Waals surface area contributed by atoms with Crippen molar-refractivity contribution in [1.82, 2.24) is 19.6 Å². The first-order valence-corrected chi connectivity index (χ1v) is 11.1. The Bertz CT molecular complexity index is 928. The molecule has 2 atom stereocenters. The second-order valence-electron chi connectivity index (χ2n) is 9.33. The summed E-state index contributed by atoms with van der Waals surface area (Å²) in [6.45, 7) is 9.67. The molecule has 0 saturated carbocycles. The molecule has 0 amide bonds. The van der Waals surface area contributed by atoms with Crippen molar-refractivity contribution >= 4 is 6.01 Å². The Balaban J connectivity index is 1.37. The molecular weight excluding hydrogens is 366 g/mol. The van der Waals surface area contributed by atoms with Crippen molar-refractivity contribution in [3.63, 3.8) is 0 Å². The van der Waals surface area contributed by atoms with Crippen LogP contribution in [0, 0.1) is 5.92 Å². The van der Waals surface area contributed by atoms with Crippen LogP contribution in [0.15, 0.2) is 21.5 Å².